The number of likely N-dealkylation sites (tertiary alicyclic amines) is 1. The molecule has 1 aliphatic heterocycles. The first-order chi connectivity index (χ1) is 7.70. The first-order valence-corrected chi connectivity index (χ1v) is 4.49. The van der Waals surface area contributed by atoms with Gasteiger partial charge in [0.1, 0.15) is 5.54 Å². The van der Waals surface area contributed by atoms with Gasteiger partial charge in [-0.3, -0.25) is 4.79 Å². The molecular formula is C8H8F3N3O3. The summed E-state index contributed by atoms with van der Waals surface area (Å²) < 4.78 is 36.0. The van der Waals surface area contributed by atoms with E-state index in [0.29, 0.717) is 0 Å². The summed E-state index contributed by atoms with van der Waals surface area (Å²) >= 11 is 0. The minimum absolute atomic E-state index is 0.0962. The van der Waals surface area contributed by atoms with Gasteiger partial charge in [0.05, 0.1) is 12.6 Å². The van der Waals surface area contributed by atoms with E-state index in [0.717, 1.165) is 4.90 Å². The minimum Gasteiger partial charge on any atom is -0.465 e. The van der Waals surface area contributed by atoms with Crippen LogP contribution in [0.4, 0.5) is 18.0 Å². The number of alkyl halides is 3. The van der Waals surface area contributed by atoms with E-state index in [4.69, 9.17) is 10.4 Å². The zero-order valence-corrected chi connectivity index (χ0v) is 8.41. The van der Waals surface area contributed by atoms with E-state index < -0.39 is 30.3 Å². The number of hydrogen-bond donors (Lipinski definition) is 2. The van der Waals surface area contributed by atoms with Crippen molar-refractivity contribution in [1.82, 2.24) is 10.2 Å². The second-order valence-corrected chi connectivity index (χ2v) is 3.60. The van der Waals surface area contributed by atoms with Crippen molar-refractivity contribution in [3.05, 3.63) is 0 Å². The van der Waals surface area contributed by atoms with Crippen LogP contribution < -0.4 is 5.32 Å². The smallest absolute Gasteiger partial charge is 0.465 e. The van der Waals surface area contributed by atoms with Gasteiger partial charge in [0.2, 0.25) is 0 Å². The molecule has 0 aliphatic carbocycles. The molecule has 1 atom stereocenters. The van der Waals surface area contributed by atoms with Crippen LogP contribution in [-0.2, 0) is 4.79 Å². The van der Waals surface area contributed by atoms with Crippen LogP contribution >= 0.6 is 0 Å². The van der Waals surface area contributed by atoms with Crippen LogP contribution in [-0.4, -0.2) is 46.8 Å². The summed E-state index contributed by atoms with van der Waals surface area (Å²) in [6, 6.07) is 1.53. The molecule has 0 spiro atoms. The monoisotopic (exact) mass is 251 g/mol. The lowest BCUT2D eigenvalue weighted by molar-refractivity contribution is -0.175. The average molecular weight is 251 g/mol. The molecule has 1 saturated heterocycles. The zero-order chi connectivity index (χ0) is 13.3. The molecule has 2 amide bonds. The summed E-state index contributed by atoms with van der Waals surface area (Å²) in [5.41, 5.74) is -1.80. The Morgan fingerprint density at radius 1 is 1.47 bits per heavy atom. The molecule has 0 aromatic heterocycles. The van der Waals surface area contributed by atoms with Crippen molar-refractivity contribution in [2.24, 2.45) is 0 Å². The molecule has 17 heavy (non-hydrogen) atoms. The molecule has 1 unspecified atom stereocenters. The highest BCUT2D eigenvalue weighted by Crippen LogP contribution is 2.23. The Hall–Kier alpha value is -1.98. The number of nitrogens with one attached hydrogen (secondary N) is 1. The third kappa shape index (κ3) is 2.77. The van der Waals surface area contributed by atoms with Gasteiger partial charge in [-0.15, -0.1) is 0 Å². The van der Waals surface area contributed by atoms with Gasteiger partial charge in [-0.1, -0.05) is 0 Å². The number of carboxylic acid groups (broad SMARTS) is 1. The Labute approximate surface area is 93.6 Å². The molecule has 1 fully saturated rings. The first kappa shape index (κ1) is 13.1. The van der Waals surface area contributed by atoms with Crippen molar-refractivity contribution in [3.8, 4) is 6.07 Å². The van der Waals surface area contributed by atoms with Crippen LogP contribution in [0.25, 0.3) is 0 Å². The van der Waals surface area contributed by atoms with E-state index >= 15 is 0 Å². The molecule has 2 N–H and O–H groups in total. The van der Waals surface area contributed by atoms with E-state index in [1.165, 1.54) is 11.4 Å². The number of halogens is 3. The Kier molecular flexibility index (Phi) is 3.17. The fourth-order valence-electron chi connectivity index (χ4n) is 1.48. The van der Waals surface area contributed by atoms with Crippen LogP contribution in [0.2, 0.25) is 0 Å². The van der Waals surface area contributed by atoms with Gasteiger partial charge >= 0.3 is 18.2 Å². The van der Waals surface area contributed by atoms with Gasteiger partial charge in [-0.05, 0) is 0 Å². The molecule has 94 valence electrons. The zero-order valence-electron chi connectivity index (χ0n) is 8.41. The molecule has 9 heteroatoms. The Bertz CT molecular complexity index is 390. The molecule has 6 nitrogen and oxygen atoms in total. The topological polar surface area (TPSA) is 93.4 Å². The fraction of sp³-hybridized carbons (Fsp3) is 0.625. The number of nitrogens with zero attached hydrogens (tertiary/aromatic N) is 2. The predicted molar refractivity (Wildman–Crippen MR) is 46.8 cm³/mol. The van der Waals surface area contributed by atoms with Gasteiger partial charge < -0.3 is 15.3 Å². The maximum atomic E-state index is 12.0. The maximum absolute atomic E-state index is 12.0. The third-order valence-corrected chi connectivity index (χ3v) is 2.36. The Balaban J connectivity index is 2.78. The maximum Gasteiger partial charge on any atom is 0.471 e. The van der Waals surface area contributed by atoms with Gasteiger partial charge in [-0.2, -0.15) is 18.4 Å². The third-order valence-electron chi connectivity index (χ3n) is 2.36. The highest BCUT2D eigenvalue weighted by molar-refractivity contribution is 5.83. The normalized spacial score (nSPS) is 24.2. The number of amides is 2. The first-order valence-electron chi connectivity index (χ1n) is 4.49. The second-order valence-electron chi connectivity index (χ2n) is 3.60. The molecule has 0 aromatic rings. The van der Waals surface area contributed by atoms with Crippen molar-refractivity contribution in [2.75, 3.05) is 13.1 Å². The van der Waals surface area contributed by atoms with E-state index in [2.05, 4.69) is 0 Å². The van der Waals surface area contributed by atoms with Gasteiger partial charge in [-0.25, -0.2) is 4.79 Å². The van der Waals surface area contributed by atoms with Gasteiger partial charge in [0.15, 0.2) is 0 Å². The highest BCUT2D eigenvalue weighted by Gasteiger charge is 2.48. The lowest BCUT2D eigenvalue weighted by Crippen LogP contribution is -2.53. The quantitative estimate of drug-likeness (QED) is 0.701. The number of rotatable bonds is 1. The number of hydrogen-bond acceptors (Lipinski definition) is 3. The highest BCUT2D eigenvalue weighted by atomic mass is 19.4. The molecule has 0 radical (unpaired) electrons. The lowest BCUT2D eigenvalue weighted by Gasteiger charge is -2.22. The van der Waals surface area contributed by atoms with Crippen molar-refractivity contribution >= 4 is 12.0 Å². The molecule has 0 aromatic carbocycles. The van der Waals surface area contributed by atoms with Crippen molar-refractivity contribution in [1.29, 1.82) is 5.26 Å². The Morgan fingerprint density at radius 2 is 2.06 bits per heavy atom. The predicted octanol–water partition coefficient (Wildman–Crippen LogP) is 0.311. The largest absolute Gasteiger partial charge is 0.471 e. The van der Waals surface area contributed by atoms with Crippen molar-refractivity contribution in [3.63, 3.8) is 0 Å². The summed E-state index contributed by atoms with van der Waals surface area (Å²) in [6.07, 6.45) is -6.61. The van der Waals surface area contributed by atoms with Crippen molar-refractivity contribution in [2.45, 2.75) is 18.1 Å². The lowest BCUT2D eigenvalue weighted by atomic mass is 10.0. The number of carbonyl (C=O) groups excluding carboxylic acids is 1. The summed E-state index contributed by atoms with van der Waals surface area (Å²) in [6.45, 7) is -0.568. The molecule has 0 saturated carbocycles. The summed E-state index contributed by atoms with van der Waals surface area (Å²) in [5.74, 6) is -2.24. The second kappa shape index (κ2) is 4.12. The van der Waals surface area contributed by atoms with E-state index in [-0.39, 0.29) is 13.0 Å². The number of nitriles is 1. The molecule has 1 rings (SSSR count). The minimum atomic E-state index is -5.10. The number of carbonyl (C=O) groups is 2. The van der Waals surface area contributed by atoms with Gasteiger partial charge in [0, 0.05) is 13.0 Å². The average Bonchev–Trinajstić information content (AvgIpc) is 2.61. The summed E-state index contributed by atoms with van der Waals surface area (Å²) in [7, 11) is 0. The molecule has 1 aliphatic rings. The van der Waals surface area contributed by atoms with E-state index in [1.54, 1.807) is 0 Å². The SMILES string of the molecule is N#CC1(NC(=O)C(F)(F)F)CCN(C(=O)O)C1. The van der Waals surface area contributed by atoms with E-state index in [9.17, 15) is 22.8 Å². The van der Waals surface area contributed by atoms with Crippen LogP contribution in [0.1, 0.15) is 6.42 Å². The summed E-state index contributed by atoms with van der Waals surface area (Å²) in [5, 5.41) is 18.9. The van der Waals surface area contributed by atoms with E-state index in [1.807, 2.05) is 0 Å². The van der Waals surface area contributed by atoms with Gasteiger partial charge in [0.25, 0.3) is 0 Å². The van der Waals surface area contributed by atoms with Crippen LogP contribution in [0, 0.1) is 11.3 Å². The molecule has 1 heterocycles. The Morgan fingerprint density at radius 3 is 2.41 bits per heavy atom. The van der Waals surface area contributed by atoms with Crippen LogP contribution in [0.5, 0.6) is 0 Å². The summed E-state index contributed by atoms with van der Waals surface area (Å²) in [4.78, 5) is 22.1. The van der Waals surface area contributed by atoms with Crippen molar-refractivity contribution < 1.29 is 27.9 Å². The standard InChI is InChI=1S/C8H8F3N3O3/c9-8(10,11)5(15)13-7(3-12)1-2-14(4-7)6(16)17/h1-2,4H2,(H,13,15)(H,16,17). The fourth-order valence-corrected chi connectivity index (χ4v) is 1.48. The molecule has 0 bridgehead atoms. The molecular weight excluding hydrogens is 243 g/mol. The van der Waals surface area contributed by atoms with Crippen LogP contribution in [0.15, 0.2) is 0 Å². The van der Waals surface area contributed by atoms with Crippen LogP contribution in [0.3, 0.4) is 0 Å².